The SMILES string of the molecule is NC1CCN(Cc2nc(-c3ccsc3)no2)CC1. The first-order valence-electron chi connectivity index (χ1n) is 6.14. The van der Waals surface area contributed by atoms with E-state index in [0.29, 0.717) is 17.8 Å². The van der Waals surface area contributed by atoms with E-state index >= 15 is 0 Å². The topological polar surface area (TPSA) is 68.2 Å². The van der Waals surface area contributed by atoms with E-state index in [1.54, 1.807) is 11.3 Å². The van der Waals surface area contributed by atoms with Crippen LogP contribution in [0.5, 0.6) is 0 Å². The molecule has 1 aliphatic rings. The molecule has 2 N–H and O–H groups in total. The minimum atomic E-state index is 0.352. The number of nitrogens with two attached hydrogens (primary N) is 1. The van der Waals surface area contributed by atoms with E-state index < -0.39 is 0 Å². The lowest BCUT2D eigenvalue weighted by atomic mass is 10.1. The first kappa shape index (κ1) is 11.8. The second-order valence-electron chi connectivity index (χ2n) is 4.64. The first-order valence-corrected chi connectivity index (χ1v) is 7.08. The van der Waals surface area contributed by atoms with Crippen LogP contribution in [0.3, 0.4) is 0 Å². The third-order valence-corrected chi connectivity index (χ3v) is 3.92. The van der Waals surface area contributed by atoms with Crippen LogP contribution in [0.1, 0.15) is 18.7 Å². The fourth-order valence-corrected chi connectivity index (χ4v) is 2.76. The van der Waals surface area contributed by atoms with Gasteiger partial charge in [0.25, 0.3) is 0 Å². The van der Waals surface area contributed by atoms with Crippen molar-refractivity contribution in [3.05, 3.63) is 22.7 Å². The molecule has 1 saturated heterocycles. The monoisotopic (exact) mass is 264 g/mol. The molecule has 0 aromatic carbocycles. The second kappa shape index (κ2) is 5.17. The summed E-state index contributed by atoms with van der Waals surface area (Å²) >= 11 is 1.63. The summed E-state index contributed by atoms with van der Waals surface area (Å²) in [5.74, 6) is 1.37. The van der Waals surface area contributed by atoms with Crippen LogP contribution in [0.4, 0.5) is 0 Å². The third kappa shape index (κ3) is 2.60. The largest absolute Gasteiger partial charge is 0.338 e. The lowest BCUT2D eigenvalue weighted by Crippen LogP contribution is -2.39. The first-order chi connectivity index (χ1) is 8.81. The Bertz CT molecular complexity index is 488. The van der Waals surface area contributed by atoms with Crippen LogP contribution < -0.4 is 5.73 Å². The minimum absolute atomic E-state index is 0.352. The van der Waals surface area contributed by atoms with Crippen molar-refractivity contribution in [1.82, 2.24) is 15.0 Å². The van der Waals surface area contributed by atoms with E-state index in [4.69, 9.17) is 10.3 Å². The van der Waals surface area contributed by atoms with Gasteiger partial charge >= 0.3 is 0 Å². The molecule has 2 aromatic rings. The Balaban J connectivity index is 1.64. The van der Waals surface area contributed by atoms with Crippen molar-refractivity contribution < 1.29 is 4.52 Å². The van der Waals surface area contributed by atoms with Crippen LogP contribution in [-0.4, -0.2) is 34.2 Å². The highest BCUT2D eigenvalue weighted by Crippen LogP contribution is 2.19. The molecule has 0 aliphatic carbocycles. The van der Waals surface area contributed by atoms with Crippen LogP contribution in [0, 0.1) is 0 Å². The summed E-state index contributed by atoms with van der Waals surface area (Å²) in [5.41, 5.74) is 6.91. The number of hydrogen-bond donors (Lipinski definition) is 1. The van der Waals surface area contributed by atoms with Crippen molar-refractivity contribution in [3.8, 4) is 11.4 Å². The Hall–Kier alpha value is -1.24. The number of aromatic nitrogens is 2. The minimum Gasteiger partial charge on any atom is -0.338 e. The van der Waals surface area contributed by atoms with Crippen molar-refractivity contribution in [2.24, 2.45) is 5.73 Å². The standard InChI is InChI=1S/C12H16N4OS/c13-10-1-4-16(5-2-10)7-11-14-12(15-17-11)9-3-6-18-8-9/h3,6,8,10H,1-2,4-5,7,13H2. The molecular formula is C12H16N4OS. The molecule has 5 nitrogen and oxygen atoms in total. The lowest BCUT2D eigenvalue weighted by Gasteiger charge is -2.28. The normalized spacial score (nSPS) is 18.3. The summed E-state index contributed by atoms with van der Waals surface area (Å²) < 4.78 is 5.29. The maximum absolute atomic E-state index is 5.88. The molecule has 18 heavy (non-hydrogen) atoms. The van der Waals surface area contributed by atoms with E-state index in [1.165, 1.54) is 0 Å². The van der Waals surface area contributed by atoms with E-state index in [2.05, 4.69) is 15.0 Å². The summed E-state index contributed by atoms with van der Waals surface area (Å²) in [4.78, 5) is 6.74. The van der Waals surface area contributed by atoms with E-state index in [-0.39, 0.29) is 0 Å². The quantitative estimate of drug-likeness (QED) is 0.914. The van der Waals surface area contributed by atoms with Gasteiger partial charge in [-0.1, -0.05) is 5.16 Å². The Kier molecular flexibility index (Phi) is 3.40. The number of nitrogens with zero attached hydrogens (tertiary/aromatic N) is 3. The van der Waals surface area contributed by atoms with Crippen molar-refractivity contribution in [1.29, 1.82) is 0 Å². The molecular weight excluding hydrogens is 248 g/mol. The van der Waals surface area contributed by atoms with E-state index in [9.17, 15) is 0 Å². The zero-order valence-corrected chi connectivity index (χ0v) is 10.9. The third-order valence-electron chi connectivity index (χ3n) is 3.24. The highest BCUT2D eigenvalue weighted by molar-refractivity contribution is 7.08. The Morgan fingerprint density at radius 3 is 3.00 bits per heavy atom. The summed E-state index contributed by atoms with van der Waals surface area (Å²) in [5, 5.41) is 8.04. The van der Waals surface area contributed by atoms with Crippen LogP contribution in [0.2, 0.25) is 0 Å². The van der Waals surface area contributed by atoms with Gasteiger partial charge in [0.1, 0.15) is 0 Å². The van der Waals surface area contributed by atoms with Gasteiger partial charge in [0.15, 0.2) is 0 Å². The Morgan fingerprint density at radius 1 is 1.44 bits per heavy atom. The molecule has 0 atom stereocenters. The van der Waals surface area contributed by atoms with Gasteiger partial charge in [0.05, 0.1) is 6.54 Å². The maximum atomic E-state index is 5.88. The van der Waals surface area contributed by atoms with Crippen LogP contribution in [0.15, 0.2) is 21.3 Å². The zero-order chi connectivity index (χ0) is 12.4. The summed E-state index contributed by atoms with van der Waals surface area (Å²) in [6, 6.07) is 2.35. The van der Waals surface area contributed by atoms with Gasteiger partial charge in [-0.05, 0) is 24.3 Å². The number of hydrogen-bond acceptors (Lipinski definition) is 6. The average Bonchev–Trinajstić information content (AvgIpc) is 3.02. The molecule has 0 radical (unpaired) electrons. The highest BCUT2D eigenvalue weighted by Gasteiger charge is 2.18. The molecule has 0 bridgehead atoms. The van der Waals surface area contributed by atoms with Crippen LogP contribution in [-0.2, 0) is 6.54 Å². The number of rotatable bonds is 3. The zero-order valence-electron chi connectivity index (χ0n) is 10.1. The molecule has 0 unspecified atom stereocenters. The van der Waals surface area contributed by atoms with Gasteiger partial charge in [0, 0.05) is 30.1 Å². The van der Waals surface area contributed by atoms with Crippen molar-refractivity contribution >= 4 is 11.3 Å². The highest BCUT2D eigenvalue weighted by atomic mass is 32.1. The predicted molar refractivity (Wildman–Crippen MR) is 70.1 cm³/mol. The smallest absolute Gasteiger partial charge is 0.241 e. The molecule has 3 heterocycles. The van der Waals surface area contributed by atoms with Crippen LogP contribution in [0.25, 0.3) is 11.4 Å². The number of piperidine rings is 1. The Morgan fingerprint density at radius 2 is 2.28 bits per heavy atom. The van der Waals surface area contributed by atoms with Crippen molar-refractivity contribution in [2.45, 2.75) is 25.4 Å². The molecule has 96 valence electrons. The van der Waals surface area contributed by atoms with Gasteiger partial charge < -0.3 is 10.3 Å². The van der Waals surface area contributed by atoms with E-state index in [1.807, 2.05) is 16.8 Å². The molecule has 1 fully saturated rings. The number of likely N-dealkylation sites (tertiary alicyclic amines) is 1. The van der Waals surface area contributed by atoms with Crippen molar-refractivity contribution in [3.63, 3.8) is 0 Å². The predicted octanol–water partition coefficient (Wildman–Crippen LogP) is 1.72. The molecule has 3 rings (SSSR count). The summed E-state index contributed by atoms with van der Waals surface area (Å²) in [7, 11) is 0. The van der Waals surface area contributed by atoms with Gasteiger partial charge in [-0.3, -0.25) is 4.90 Å². The molecule has 0 amide bonds. The maximum Gasteiger partial charge on any atom is 0.241 e. The average molecular weight is 264 g/mol. The molecule has 0 saturated carbocycles. The molecule has 0 spiro atoms. The van der Waals surface area contributed by atoms with Gasteiger partial charge in [0.2, 0.25) is 11.7 Å². The van der Waals surface area contributed by atoms with Gasteiger partial charge in [-0.2, -0.15) is 16.3 Å². The van der Waals surface area contributed by atoms with Crippen molar-refractivity contribution in [2.75, 3.05) is 13.1 Å². The fraction of sp³-hybridized carbons (Fsp3) is 0.500. The van der Waals surface area contributed by atoms with E-state index in [0.717, 1.165) is 38.0 Å². The summed E-state index contributed by atoms with van der Waals surface area (Å²) in [6.07, 6.45) is 2.09. The molecule has 1 aliphatic heterocycles. The van der Waals surface area contributed by atoms with Gasteiger partial charge in [-0.25, -0.2) is 0 Å². The summed E-state index contributed by atoms with van der Waals surface area (Å²) in [6.45, 7) is 2.75. The number of thiophene rings is 1. The van der Waals surface area contributed by atoms with Gasteiger partial charge in [-0.15, -0.1) is 0 Å². The van der Waals surface area contributed by atoms with Crippen LogP contribution >= 0.6 is 11.3 Å². The Labute approximate surface area is 110 Å². The molecule has 2 aromatic heterocycles. The molecule has 6 heteroatoms. The lowest BCUT2D eigenvalue weighted by molar-refractivity contribution is 0.182. The second-order valence-corrected chi connectivity index (χ2v) is 5.42. The fourth-order valence-electron chi connectivity index (χ4n) is 2.13.